The van der Waals surface area contributed by atoms with Crippen molar-refractivity contribution in [3.05, 3.63) is 59.7 Å². The molecular weight excluding hydrogens is 364 g/mol. The molecule has 3 nitrogen and oxygen atoms in total. The molecule has 0 aliphatic carbocycles. The van der Waals surface area contributed by atoms with Crippen LogP contribution in [0.3, 0.4) is 0 Å². The van der Waals surface area contributed by atoms with Crippen LogP contribution >= 0.6 is 12.2 Å². The fourth-order valence-electron chi connectivity index (χ4n) is 3.42. The van der Waals surface area contributed by atoms with Crippen molar-refractivity contribution in [2.45, 2.75) is 32.7 Å². The molecule has 1 heterocycles. The van der Waals surface area contributed by atoms with E-state index in [4.69, 9.17) is 12.2 Å². The maximum absolute atomic E-state index is 13.3. The Hall–Kier alpha value is -2.21. The minimum Gasteiger partial charge on any atom is -0.371 e. The summed E-state index contributed by atoms with van der Waals surface area (Å²) in [5, 5.41) is 6.42. The normalized spacial score (nSPS) is 18.1. The summed E-state index contributed by atoms with van der Waals surface area (Å²) in [5.74, 6) is -1.05. The third-order valence-corrected chi connectivity index (χ3v) is 5.16. The number of anilines is 2. The quantitative estimate of drug-likeness (QED) is 0.699. The van der Waals surface area contributed by atoms with Gasteiger partial charge in [0.2, 0.25) is 0 Å². The smallest absolute Gasteiger partial charge is 0.171 e. The van der Waals surface area contributed by atoms with E-state index in [1.54, 1.807) is 0 Å². The Morgan fingerprint density at radius 2 is 1.89 bits per heavy atom. The summed E-state index contributed by atoms with van der Waals surface area (Å²) in [6.07, 6.45) is 2.54. The first-order valence-corrected chi connectivity index (χ1v) is 9.70. The molecule has 27 heavy (non-hydrogen) atoms. The molecule has 3 rings (SSSR count). The van der Waals surface area contributed by atoms with Gasteiger partial charge in [0.25, 0.3) is 0 Å². The summed E-state index contributed by atoms with van der Waals surface area (Å²) in [4.78, 5) is 2.44. The highest BCUT2D eigenvalue weighted by Crippen LogP contribution is 2.24. The Labute approximate surface area is 164 Å². The molecule has 2 aromatic carbocycles. The molecule has 1 saturated heterocycles. The van der Waals surface area contributed by atoms with Crippen LogP contribution in [-0.2, 0) is 0 Å². The van der Waals surface area contributed by atoms with Gasteiger partial charge in [-0.2, -0.15) is 0 Å². The molecule has 0 amide bonds. The first kappa shape index (κ1) is 19.5. The van der Waals surface area contributed by atoms with Crippen molar-refractivity contribution in [1.82, 2.24) is 5.32 Å². The highest BCUT2D eigenvalue weighted by atomic mass is 32.1. The topological polar surface area (TPSA) is 27.3 Å². The minimum absolute atomic E-state index is 0.00961. The van der Waals surface area contributed by atoms with Crippen molar-refractivity contribution < 1.29 is 8.78 Å². The number of nitrogens with one attached hydrogen (secondary N) is 2. The molecule has 2 atom stereocenters. The lowest BCUT2D eigenvalue weighted by Gasteiger charge is -2.33. The first-order valence-electron chi connectivity index (χ1n) is 9.30. The van der Waals surface area contributed by atoms with Gasteiger partial charge in [-0.05, 0) is 67.7 Å². The zero-order valence-corrected chi connectivity index (χ0v) is 16.5. The summed E-state index contributed by atoms with van der Waals surface area (Å²) in [6, 6.07) is 12.1. The van der Waals surface area contributed by atoms with Gasteiger partial charge >= 0.3 is 0 Å². The van der Waals surface area contributed by atoms with Gasteiger partial charge < -0.3 is 15.5 Å². The fraction of sp³-hybridized carbons (Fsp3) is 0.381. The molecule has 0 bridgehead atoms. The number of nitrogens with zero attached hydrogens (tertiary/aromatic N) is 1. The molecule has 2 aromatic rings. The van der Waals surface area contributed by atoms with Crippen molar-refractivity contribution in [3.63, 3.8) is 0 Å². The van der Waals surface area contributed by atoms with Crippen molar-refractivity contribution >= 4 is 28.7 Å². The third kappa shape index (κ3) is 5.16. The molecule has 2 N–H and O–H groups in total. The van der Waals surface area contributed by atoms with E-state index in [1.807, 2.05) is 6.92 Å². The molecular formula is C21H25F2N3S. The highest BCUT2D eigenvalue weighted by molar-refractivity contribution is 7.80. The van der Waals surface area contributed by atoms with Gasteiger partial charge in [0.1, 0.15) is 0 Å². The summed E-state index contributed by atoms with van der Waals surface area (Å²) in [5.41, 5.74) is 2.77. The van der Waals surface area contributed by atoms with Gasteiger partial charge in [-0.25, -0.2) is 8.78 Å². The number of rotatable bonds is 4. The van der Waals surface area contributed by atoms with Crippen LogP contribution < -0.4 is 15.5 Å². The monoisotopic (exact) mass is 389 g/mol. The SMILES string of the molecule is CC1CCCN(c2ccc(C(C)NC(=S)Nc3ccc(F)c(F)c3)cc2)C1. The van der Waals surface area contributed by atoms with E-state index < -0.39 is 11.6 Å². The van der Waals surface area contributed by atoms with Crippen LogP contribution in [0.1, 0.15) is 38.3 Å². The molecule has 0 aromatic heterocycles. The van der Waals surface area contributed by atoms with Crippen LogP contribution in [0.4, 0.5) is 20.2 Å². The zero-order chi connectivity index (χ0) is 19.4. The van der Waals surface area contributed by atoms with Crippen LogP contribution in [0, 0.1) is 17.6 Å². The molecule has 1 aliphatic heterocycles. The summed E-state index contributed by atoms with van der Waals surface area (Å²) < 4.78 is 26.3. The van der Waals surface area contributed by atoms with Gasteiger partial charge in [0, 0.05) is 30.5 Å². The minimum atomic E-state index is -0.904. The molecule has 6 heteroatoms. The third-order valence-electron chi connectivity index (χ3n) is 4.94. The number of benzene rings is 2. The standard InChI is InChI=1S/C21H25F2N3S/c1-14-4-3-11-26(13-14)18-8-5-16(6-9-18)15(2)24-21(27)25-17-7-10-19(22)20(23)12-17/h5-10,12,14-15H,3-4,11,13H2,1-2H3,(H2,24,25,27). The van der Waals surface area contributed by atoms with Crippen LogP contribution in [0.2, 0.25) is 0 Å². The van der Waals surface area contributed by atoms with E-state index in [-0.39, 0.29) is 6.04 Å². The Kier molecular flexibility index (Phi) is 6.26. The van der Waals surface area contributed by atoms with E-state index in [1.165, 1.54) is 24.6 Å². The fourth-order valence-corrected chi connectivity index (χ4v) is 3.71. The molecule has 0 saturated carbocycles. The number of hydrogen-bond donors (Lipinski definition) is 2. The molecule has 1 aliphatic rings. The second-order valence-electron chi connectivity index (χ2n) is 7.23. The lowest BCUT2D eigenvalue weighted by Crippen LogP contribution is -2.34. The lowest BCUT2D eigenvalue weighted by molar-refractivity contribution is 0.447. The van der Waals surface area contributed by atoms with E-state index in [2.05, 4.69) is 46.7 Å². The van der Waals surface area contributed by atoms with Gasteiger partial charge in [-0.15, -0.1) is 0 Å². The predicted molar refractivity (Wildman–Crippen MR) is 111 cm³/mol. The summed E-state index contributed by atoms with van der Waals surface area (Å²) >= 11 is 5.28. The Morgan fingerprint density at radius 3 is 2.56 bits per heavy atom. The molecule has 2 unspecified atom stereocenters. The number of piperidine rings is 1. The van der Waals surface area contributed by atoms with Crippen molar-refractivity contribution in [2.24, 2.45) is 5.92 Å². The van der Waals surface area contributed by atoms with Gasteiger partial charge in [-0.1, -0.05) is 19.1 Å². The second-order valence-corrected chi connectivity index (χ2v) is 7.64. The van der Waals surface area contributed by atoms with Crippen LogP contribution in [0.5, 0.6) is 0 Å². The van der Waals surface area contributed by atoms with E-state index in [0.717, 1.165) is 36.7 Å². The lowest BCUT2D eigenvalue weighted by atomic mass is 9.99. The highest BCUT2D eigenvalue weighted by Gasteiger charge is 2.17. The van der Waals surface area contributed by atoms with Crippen LogP contribution in [0.15, 0.2) is 42.5 Å². The molecule has 0 radical (unpaired) electrons. The van der Waals surface area contributed by atoms with Crippen molar-refractivity contribution in [2.75, 3.05) is 23.3 Å². The zero-order valence-electron chi connectivity index (χ0n) is 15.6. The Morgan fingerprint density at radius 1 is 1.15 bits per heavy atom. The number of thiocarbonyl (C=S) groups is 1. The predicted octanol–water partition coefficient (Wildman–Crippen LogP) is 5.25. The van der Waals surface area contributed by atoms with Gasteiger partial charge in [-0.3, -0.25) is 0 Å². The maximum Gasteiger partial charge on any atom is 0.171 e. The molecule has 1 fully saturated rings. The van der Waals surface area contributed by atoms with Crippen molar-refractivity contribution in [3.8, 4) is 0 Å². The van der Waals surface area contributed by atoms with Crippen molar-refractivity contribution in [1.29, 1.82) is 0 Å². The molecule has 144 valence electrons. The van der Waals surface area contributed by atoms with E-state index >= 15 is 0 Å². The largest absolute Gasteiger partial charge is 0.371 e. The summed E-state index contributed by atoms with van der Waals surface area (Å²) in [6.45, 7) is 6.53. The Balaban J connectivity index is 1.57. The second kappa shape index (κ2) is 8.65. The summed E-state index contributed by atoms with van der Waals surface area (Å²) in [7, 11) is 0. The Bertz CT molecular complexity index is 795. The number of hydrogen-bond acceptors (Lipinski definition) is 2. The average molecular weight is 390 g/mol. The van der Waals surface area contributed by atoms with Crippen LogP contribution in [0.25, 0.3) is 0 Å². The number of halogens is 2. The van der Waals surface area contributed by atoms with Gasteiger partial charge in [0.15, 0.2) is 16.7 Å². The van der Waals surface area contributed by atoms with Gasteiger partial charge in [0.05, 0.1) is 6.04 Å². The molecule has 0 spiro atoms. The van der Waals surface area contributed by atoms with E-state index in [9.17, 15) is 8.78 Å². The maximum atomic E-state index is 13.3. The first-order chi connectivity index (χ1) is 12.9. The average Bonchev–Trinajstić information content (AvgIpc) is 2.65. The van der Waals surface area contributed by atoms with E-state index in [0.29, 0.717) is 10.8 Å². The van der Waals surface area contributed by atoms with Crippen LogP contribution in [-0.4, -0.2) is 18.2 Å².